The number of benzene rings is 1. The molecule has 0 unspecified atom stereocenters. The highest BCUT2D eigenvalue weighted by Crippen LogP contribution is 2.23. The number of hydrogen-bond acceptors (Lipinski definition) is 2. The van der Waals surface area contributed by atoms with Crippen LogP contribution in [0.15, 0.2) is 54.6 Å². The smallest absolute Gasteiger partial charge is 0.172 e. The van der Waals surface area contributed by atoms with Gasteiger partial charge < -0.3 is 5.11 Å². The van der Waals surface area contributed by atoms with Crippen molar-refractivity contribution >= 4 is 21.7 Å². The molecule has 0 aliphatic rings. The molecule has 2 nitrogen and oxygen atoms in total. The second kappa shape index (κ2) is 7.20. The van der Waals surface area contributed by atoms with Crippen LogP contribution in [0.4, 0.5) is 0 Å². The molecule has 0 heterocycles. The fourth-order valence-electron chi connectivity index (χ4n) is 1.33. The number of rotatable bonds is 5. The highest BCUT2D eigenvalue weighted by molar-refractivity contribution is 9.10. The van der Waals surface area contributed by atoms with E-state index < -0.39 is 10.9 Å². The Hall–Kier alpha value is -1.19. The number of carbonyl (C=O) groups is 1. The van der Waals surface area contributed by atoms with E-state index in [0.29, 0.717) is 0 Å². The fourth-order valence-corrected chi connectivity index (χ4v) is 1.79. The van der Waals surface area contributed by atoms with Gasteiger partial charge >= 0.3 is 0 Å². The lowest BCUT2D eigenvalue weighted by Crippen LogP contribution is -2.20. The lowest BCUT2D eigenvalue weighted by molar-refractivity contribution is -0.115. The minimum atomic E-state index is -0.834. The van der Waals surface area contributed by atoms with E-state index in [1.807, 2.05) is 31.2 Å². The molecule has 0 fully saturated rings. The van der Waals surface area contributed by atoms with Crippen LogP contribution in [-0.4, -0.2) is 15.7 Å². The highest BCUT2D eigenvalue weighted by Gasteiger charge is 2.22. The topological polar surface area (TPSA) is 37.3 Å². The third-order valence-electron chi connectivity index (χ3n) is 2.25. The summed E-state index contributed by atoms with van der Waals surface area (Å²) < 4.78 is 0. The van der Waals surface area contributed by atoms with E-state index >= 15 is 0 Å². The Balaban J connectivity index is 2.70. The van der Waals surface area contributed by atoms with E-state index in [1.165, 1.54) is 6.08 Å². The molecule has 0 bridgehead atoms. The predicted octanol–water partition coefficient (Wildman–Crippen LogP) is 3.18. The van der Waals surface area contributed by atoms with Crippen LogP contribution in [0.2, 0.25) is 0 Å². The number of halogens is 1. The van der Waals surface area contributed by atoms with Gasteiger partial charge in [0.25, 0.3) is 0 Å². The lowest BCUT2D eigenvalue weighted by atomic mass is 10.0. The molecule has 0 spiro atoms. The largest absolute Gasteiger partial charge is 0.387 e. The van der Waals surface area contributed by atoms with Crippen LogP contribution in [0.5, 0.6) is 0 Å². The van der Waals surface area contributed by atoms with E-state index in [9.17, 15) is 9.90 Å². The Morgan fingerprint density at radius 2 is 1.94 bits per heavy atom. The Kier molecular flexibility index (Phi) is 5.87. The van der Waals surface area contributed by atoms with E-state index in [0.717, 1.165) is 5.56 Å². The summed E-state index contributed by atoms with van der Waals surface area (Å²) in [5, 5.41) is 10.00. The highest BCUT2D eigenvalue weighted by atomic mass is 79.9. The van der Waals surface area contributed by atoms with Crippen molar-refractivity contribution in [2.24, 2.45) is 0 Å². The van der Waals surface area contributed by atoms with Gasteiger partial charge in [0.15, 0.2) is 5.78 Å². The van der Waals surface area contributed by atoms with Gasteiger partial charge in [0.1, 0.15) is 4.83 Å². The summed E-state index contributed by atoms with van der Waals surface area (Å²) in [6, 6.07) is 9.12. The molecule has 0 radical (unpaired) electrons. The number of carbonyl (C=O) groups excluding carboxylic acids is 1. The van der Waals surface area contributed by atoms with Crippen molar-refractivity contribution in [2.45, 2.75) is 17.9 Å². The zero-order valence-corrected chi connectivity index (χ0v) is 11.2. The van der Waals surface area contributed by atoms with Crippen LogP contribution in [0.3, 0.4) is 0 Å². The number of allylic oxidation sites excluding steroid dienone is 4. The molecule has 1 aromatic carbocycles. The number of hydrogen-bond donors (Lipinski definition) is 1. The first-order valence-electron chi connectivity index (χ1n) is 5.37. The third kappa shape index (κ3) is 4.29. The molecule has 17 heavy (non-hydrogen) atoms. The first-order chi connectivity index (χ1) is 8.16. The second-order valence-electron chi connectivity index (χ2n) is 3.54. The molecule has 0 aromatic heterocycles. The first kappa shape index (κ1) is 13.9. The van der Waals surface area contributed by atoms with Gasteiger partial charge in [-0.25, -0.2) is 0 Å². The molecule has 1 rings (SSSR count). The molecule has 3 heteroatoms. The van der Waals surface area contributed by atoms with Gasteiger partial charge in [-0.2, -0.15) is 0 Å². The average molecular weight is 295 g/mol. The van der Waals surface area contributed by atoms with E-state index in [4.69, 9.17) is 0 Å². The number of alkyl halides is 1. The van der Waals surface area contributed by atoms with E-state index in [1.54, 1.807) is 24.3 Å². The number of aliphatic hydroxyl groups excluding tert-OH is 1. The maximum absolute atomic E-state index is 11.7. The van der Waals surface area contributed by atoms with Gasteiger partial charge in [0.05, 0.1) is 6.10 Å². The zero-order chi connectivity index (χ0) is 12.7. The molecule has 0 saturated heterocycles. The van der Waals surface area contributed by atoms with Gasteiger partial charge in [-0.1, -0.05) is 64.5 Å². The van der Waals surface area contributed by atoms with Crippen molar-refractivity contribution in [1.29, 1.82) is 0 Å². The van der Waals surface area contributed by atoms with Crippen molar-refractivity contribution in [2.75, 3.05) is 0 Å². The summed E-state index contributed by atoms with van der Waals surface area (Å²) in [5.41, 5.74) is 0.724. The number of ketones is 1. The average Bonchev–Trinajstić information content (AvgIpc) is 2.38. The van der Waals surface area contributed by atoms with Crippen LogP contribution in [0.25, 0.3) is 0 Å². The quantitative estimate of drug-likeness (QED) is 0.514. The van der Waals surface area contributed by atoms with Crippen molar-refractivity contribution in [1.82, 2.24) is 0 Å². The standard InChI is InChI=1S/C14H15BrO2/c1-2-3-5-10-12(16)13(15)14(17)11-8-6-4-7-9-11/h2-10,13-14,17H,1H3/b3-2+,10-5+/t13-,14-/m1/s1. The first-order valence-corrected chi connectivity index (χ1v) is 6.28. The molecule has 0 aliphatic carbocycles. The van der Waals surface area contributed by atoms with Crippen LogP contribution < -0.4 is 0 Å². The van der Waals surface area contributed by atoms with Crippen LogP contribution in [0.1, 0.15) is 18.6 Å². The summed E-state index contributed by atoms with van der Waals surface area (Å²) in [4.78, 5) is 11.1. The number of aliphatic hydroxyl groups is 1. The van der Waals surface area contributed by atoms with Gasteiger partial charge in [0.2, 0.25) is 0 Å². The Bertz CT molecular complexity index is 409. The van der Waals surface area contributed by atoms with Crippen LogP contribution >= 0.6 is 15.9 Å². The molecule has 0 amide bonds. The van der Waals surface area contributed by atoms with Crippen LogP contribution in [0, 0.1) is 0 Å². The summed E-state index contributed by atoms with van der Waals surface area (Å²) in [5.74, 6) is -0.153. The molecule has 90 valence electrons. The van der Waals surface area contributed by atoms with Crippen LogP contribution in [-0.2, 0) is 4.79 Å². The van der Waals surface area contributed by atoms with Gasteiger partial charge in [0, 0.05) is 0 Å². The molecule has 0 saturated carbocycles. The second-order valence-corrected chi connectivity index (χ2v) is 4.53. The minimum absolute atomic E-state index is 0.153. The molecule has 1 N–H and O–H groups in total. The molecule has 1 aromatic rings. The summed E-state index contributed by atoms with van der Waals surface area (Å²) in [7, 11) is 0. The maximum Gasteiger partial charge on any atom is 0.172 e. The van der Waals surface area contributed by atoms with Gasteiger partial charge in [-0.15, -0.1) is 0 Å². The minimum Gasteiger partial charge on any atom is -0.387 e. The van der Waals surface area contributed by atoms with E-state index in [-0.39, 0.29) is 5.78 Å². The maximum atomic E-state index is 11.7. The summed E-state index contributed by atoms with van der Waals surface area (Å²) in [6.07, 6.45) is 5.88. The SMILES string of the molecule is C/C=C/C=C/C(=O)[C@@H](Br)[C@H](O)c1ccccc1. The predicted molar refractivity (Wildman–Crippen MR) is 73.1 cm³/mol. The van der Waals surface area contributed by atoms with E-state index in [2.05, 4.69) is 15.9 Å². The third-order valence-corrected chi connectivity index (χ3v) is 3.21. The normalized spacial score (nSPS) is 15.2. The zero-order valence-electron chi connectivity index (χ0n) is 9.58. The molecule has 2 atom stereocenters. The van der Waals surface area contributed by atoms with Gasteiger partial charge in [-0.05, 0) is 18.6 Å². The Morgan fingerprint density at radius 3 is 2.53 bits per heavy atom. The van der Waals surface area contributed by atoms with Crippen molar-refractivity contribution in [3.05, 3.63) is 60.2 Å². The monoisotopic (exact) mass is 294 g/mol. The molecular formula is C14H15BrO2. The van der Waals surface area contributed by atoms with Crippen molar-refractivity contribution < 1.29 is 9.90 Å². The Morgan fingerprint density at radius 1 is 1.29 bits per heavy atom. The molecule has 0 aliphatic heterocycles. The van der Waals surface area contributed by atoms with Gasteiger partial charge in [-0.3, -0.25) is 4.79 Å². The van der Waals surface area contributed by atoms with Crippen molar-refractivity contribution in [3.63, 3.8) is 0 Å². The summed E-state index contributed by atoms with van der Waals surface area (Å²) >= 11 is 3.22. The Labute approximate surface area is 110 Å². The molecular weight excluding hydrogens is 280 g/mol. The fraction of sp³-hybridized carbons (Fsp3) is 0.214. The lowest BCUT2D eigenvalue weighted by Gasteiger charge is -2.14. The van der Waals surface area contributed by atoms with Crippen molar-refractivity contribution in [3.8, 4) is 0 Å². The summed E-state index contributed by atoms with van der Waals surface area (Å²) in [6.45, 7) is 1.87.